The fourth-order valence-corrected chi connectivity index (χ4v) is 1.55. The van der Waals surface area contributed by atoms with Crippen molar-refractivity contribution in [3.05, 3.63) is 58.2 Å². The Morgan fingerprint density at radius 2 is 2.19 bits per heavy atom. The third kappa shape index (κ3) is 3.38. The normalized spacial score (nSPS) is 12.9. The lowest BCUT2D eigenvalue weighted by molar-refractivity contribution is -0.387. The van der Waals surface area contributed by atoms with E-state index in [4.69, 9.17) is 8.85 Å². The van der Waals surface area contributed by atoms with Crippen LogP contribution in [0.5, 0.6) is 11.5 Å². The quantitative estimate of drug-likeness (QED) is 0.478. The predicted molar refractivity (Wildman–Crippen MR) is 72.0 cm³/mol. The third-order valence-electron chi connectivity index (χ3n) is 2.53. The van der Waals surface area contributed by atoms with E-state index < -0.39 is 35.5 Å². The Kier molecular flexibility index (Phi) is 3.16. The van der Waals surface area contributed by atoms with Crippen molar-refractivity contribution in [1.29, 1.82) is 0 Å². The van der Waals surface area contributed by atoms with Crippen LogP contribution >= 0.6 is 0 Å². The lowest BCUT2D eigenvalue weighted by Crippen LogP contribution is -2.00. The molecule has 108 valence electrons. The van der Waals surface area contributed by atoms with Crippen molar-refractivity contribution >= 4 is 11.5 Å². The number of hydrogen-bond donors (Lipinski definition) is 0. The van der Waals surface area contributed by atoms with Crippen LogP contribution in [0.25, 0.3) is 0 Å². The summed E-state index contributed by atoms with van der Waals surface area (Å²) >= 11 is 0. The first-order valence-electron chi connectivity index (χ1n) is 7.27. The molecule has 2 rings (SSSR count). The lowest BCUT2D eigenvalue weighted by Gasteiger charge is -2.06. The van der Waals surface area contributed by atoms with Gasteiger partial charge in [0, 0.05) is 34.9 Å². The van der Waals surface area contributed by atoms with Gasteiger partial charge in [0.2, 0.25) is 5.82 Å². The van der Waals surface area contributed by atoms with Gasteiger partial charge in [0.05, 0.1) is 4.92 Å². The standard InChI is InChI=1S/C14H11FN2O4/c1-2-14(18)12-8-10(5-6-16-12)21-9-3-4-13(17(19)20)11(15)7-9/h3-8H,2H2,1H3/i1D3. The zero-order valence-corrected chi connectivity index (χ0v) is 10.6. The van der Waals surface area contributed by atoms with Crippen LogP contribution in [-0.2, 0) is 0 Å². The first kappa shape index (κ1) is 10.9. The third-order valence-corrected chi connectivity index (χ3v) is 2.53. The number of nitrogens with zero attached hydrogens (tertiary/aromatic N) is 2. The van der Waals surface area contributed by atoms with Crippen LogP contribution in [0.15, 0.2) is 36.5 Å². The van der Waals surface area contributed by atoms with Crippen molar-refractivity contribution in [2.75, 3.05) is 0 Å². The number of nitro groups is 1. The average molecular weight is 293 g/mol. The predicted octanol–water partition coefficient (Wildman–Crippen LogP) is 3.51. The van der Waals surface area contributed by atoms with Crippen molar-refractivity contribution in [3.8, 4) is 11.5 Å². The molecule has 0 saturated heterocycles. The fraction of sp³-hybridized carbons (Fsp3) is 0.143. The summed E-state index contributed by atoms with van der Waals surface area (Å²) in [5.41, 5.74) is -0.795. The Labute approximate surface area is 123 Å². The summed E-state index contributed by atoms with van der Waals surface area (Å²) in [5.74, 6) is -1.65. The van der Waals surface area contributed by atoms with Gasteiger partial charge in [-0.2, -0.15) is 4.39 Å². The fourth-order valence-electron chi connectivity index (χ4n) is 1.55. The lowest BCUT2D eigenvalue weighted by atomic mass is 10.2. The van der Waals surface area contributed by atoms with E-state index in [1.807, 2.05) is 0 Å². The molecule has 0 amide bonds. The zero-order chi connectivity index (χ0) is 17.9. The Morgan fingerprint density at radius 3 is 2.86 bits per heavy atom. The van der Waals surface area contributed by atoms with Crippen LogP contribution in [-0.4, -0.2) is 15.7 Å². The molecular weight excluding hydrogens is 279 g/mol. The molecule has 0 spiro atoms. The number of ether oxygens (including phenoxy) is 1. The van der Waals surface area contributed by atoms with Crippen LogP contribution in [0.2, 0.25) is 0 Å². The first-order chi connectivity index (χ1) is 11.2. The summed E-state index contributed by atoms with van der Waals surface area (Å²) in [6.45, 7) is -2.42. The van der Waals surface area contributed by atoms with Gasteiger partial charge < -0.3 is 4.74 Å². The number of halogens is 1. The molecule has 1 heterocycles. The molecule has 7 heteroatoms. The van der Waals surface area contributed by atoms with E-state index in [0.717, 1.165) is 12.1 Å². The van der Waals surface area contributed by atoms with Gasteiger partial charge >= 0.3 is 5.69 Å². The van der Waals surface area contributed by atoms with Gasteiger partial charge in [-0.25, -0.2) is 0 Å². The Bertz CT molecular complexity index is 796. The first-order valence-corrected chi connectivity index (χ1v) is 5.77. The van der Waals surface area contributed by atoms with E-state index in [0.29, 0.717) is 0 Å². The van der Waals surface area contributed by atoms with Crippen LogP contribution < -0.4 is 4.74 Å². The molecule has 0 aliphatic carbocycles. The highest BCUT2D eigenvalue weighted by Crippen LogP contribution is 2.26. The molecule has 0 radical (unpaired) electrons. The second kappa shape index (κ2) is 6.08. The molecule has 6 nitrogen and oxygen atoms in total. The second-order valence-electron chi connectivity index (χ2n) is 3.95. The molecule has 0 unspecified atom stereocenters. The van der Waals surface area contributed by atoms with Crippen LogP contribution in [0.1, 0.15) is 27.9 Å². The van der Waals surface area contributed by atoms with E-state index in [1.54, 1.807) is 0 Å². The number of ketones is 1. The molecule has 1 aromatic heterocycles. The number of hydrogen-bond acceptors (Lipinski definition) is 5. The Morgan fingerprint density at radius 1 is 1.43 bits per heavy atom. The number of carbonyl (C=O) groups is 1. The SMILES string of the molecule is [2H]C([2H])([2H])CC(=O)c1cc(Oc2ccc([N+](=O)[O-])c(F)c2)ccn1. The Hall–Kier alpha value is -2.83. The van der Waals surface area contributed by atoms with Crippen molar-refractivity contribution in [2.45, 2.75) is 13.3 Å². The van der Waals surface area contributed by atoms with Gasteiger partial charge in [0.1, 0.15) is 17.2 Å². The van der Waals surface area contributed by atoms with E-state index in [2.05, 4.69) is 4.98 Å². The van der Waals surface area contributed by atoms with E-state index in [1.165, 1.54) is 24.4 Å². The minimum absolute atomic E-state index is 0.0153. The molecule has 0 bridgehead atoms. The molecule has 0 atom stereocenters. The number of nitro benzene ring substituents is 1. The maximum absolute atomic E-state index is 13.5. The highest BCUT2D eigenvalue weighted by atomic mass is 19.1. The molecule has 1 aromatic carbocycles. The van der Waals surface area contributed by atoms with Gasteiger partial charge in [-0.3, -0.25) is 19.9 Å². The Balaban J connectivity index is 2.19. The number of Topliss-reactive ketones (excluding diaryl/α,β-unsaturated/α-hetero) is 1. The van der Waals surface area contributed by atoms with Gasteiger partial charge in [-0.05, 0) is 12.1 Å². The maximum Gasteiger partial charge on any atom is 0.305 e. The molecule has 21 heavy (non-hydrogen) atoms. The molecule has 0 fully saturated rings. The van der Waals surface area contributed by atoms with Crippen molar-refractivity contribution in [1.82, 2.24) is 4.98 Å². The number of benzene rings is 1. The van der Waals surface area contributed by atoms with Crippen LogP contribution in [0.3, 0.4) is 0 Å². The highest BCUT2D eigenvalue weighted by molar-refractivity contribution is 5.94. The zero-order valence-electron chi connectivity index (χ0n) is 13.6. The highest BCUT2D eigenvalue weighted by Gasteiger charge is 2.15. The number of aromatic nitrogens is 1. The molecular formula is C14H11FN2O4. The van der Waals surface area contributed by atoms with E-state index in [-0.39, 0.29) is 17.2 Å². The van der Waals surface area contributed by atoms with Crippen molar-refractivity contribution in [3.63, 3.8) is 0 Å². The van der Waals surface area contributed by atoms with Crippen molar-refractivity contribution in [2.24, 2.45) is 0 Å². The maximum atomic E-state index is 13.5. The molecule has 2 aromatic rings. The van der Waals surface area contributed by atoms with Gasteiger partial charge in [-0.1, -0.05) is 6.85 Å². The van der Waals surface area contributed by atoms with E-state index in [9.17, 15) is 19.3 Å². The summed E-state index contributed by atoms with van der Waals surface area (Å²) in [6.07, 6.45) is 0.569. The number of rotatable bonds is 5. The molecule has 0 N–H and O–H groups in total. The van der Waals surface area contributed by atoms with Gasteiger partial charge in [0.15, 0.2) is 5.78 Å². The topological polar surface area (TPSA) is 82.3 Å². The largest absolute Gasteiger partial charge is 0.457 e. The van der Waals surface area contributed by atoms with Gasteiger partial charge in [0.25, 0.3) is 0 Å². The minimum Gasteiger partial charge on any atom is -0.457 e. The molecule has 0 saturated carbocycles. The van der Waals surface area contributed by atoms with Crippen LogP contribution in [0.4, 0.5) is 10.1 Å². The van der Waals surface area contributed by atoms with Crippen LogP contribution in [0, 0.1) is 15.9 Å². The van der Waals surface area contributed by atoms with Crippen molar-refractivity contribution < 1.29 is 23.0 Å². The summed E-state index contributed by atoms with van der Waals surface area (Å²) < 4.78 is 40.1. The monoisotopic (exact) mass is 293 g/mol. The summed E-state index contributed by atoms with van der Waals surface area (Å²) in [4.78, 5) is 25.3. The average Bonchev–Trinajstić information content (AvgIpc) is 2.45. The number of carbonyl (C=O) groups excluding carboxylic acids is 1. The number of pyridine rings is 1. The summed E-state index contributed by atoms with van der Waals surface area (Å²) in [6, 6.07) is 5.58. The molecule has 0 aliphatic rings. The van der Waals surface area contributed by atoms with Gasteiger partial charge in [-0.15, -0.1) is 0 Å². The minimum atomic E-state index is -2.42. The molecule has 0 aliphatic heterocycles. The summed E-state index contributed by atoms with van der Waals surface area (Å²) in [5, 5.41) is 10.6. The second-order valence-corrected chi connectivity index (χ2v) is 3.95. The van der Waals surface area contributed by atoms with E-state index >= 15 is 0 Å². The smallest absolute Gasteiger partial charge is 0.305 e. The summed E-state index contributed by atoms with van der Waals surface area (Å²) in [7, 11) is 0.